The predicted octanol–water partition coefficient (Wildman–Crippen LogP) is 2.25. The van der Waals surface area contributed by atoms with Crippen LogP contribution in [-0.4, -0.2) is 24.6 Å². The minimum atomic E-state index is -3.74. The number of benzene rings is 2. The Morgan fingerprint density at radius 3 is 2.52 bits per heavy atom. The van der Waals surface area contributed by atoms with Crippen LogP contribution in [0.1, 0.15) is 5.56 Å². The van der Waals surface area contributed by atoms with Gasteiger partial charge in [0.2, 0.25) is 5.96 Å². The van der Waals surface area contributed by atoms with Gasteiger partial charge in [0, 0.05) is 21.6 Å². The lowest BCUT2D eigenvalue weighted by atomic mass is 10.2. The fourth-order valence-electron chi connectivity index (χ4n) is 2.36. The van der Waals surface area contributed by atoms with Crippen LogP contribution in [-0.2, 0) is 10.0 Å². The lowest BCUT2D eigenvalue weighted by molar-refractivity contribution is 0.589. The van der Waals surface area contributed by atoms with E-state index in [1.54, 1.807) is 42.5 Å². The molecular formula is C16H14BrN5O2S. The summed E-state index contributed by atoms with van der Waals surface area (Å²) in [6, 6.07) is 13.5. The van der Waals surface area contributed by atoms with Gasteiger partial charge in [0.05, 0.1) is 16.6 Å². The van der Waals surface area contributed by atoms with Crippen molar-refractivity contribution in [3.63, 3.8) is 0 Å². The van der Waals surface area contributed by atoms with Crippen molar-refractivity contribution in [1.29, 1.82) is 0 Å². The molecule has 9 heteroatoms. The van der Waals surface area contributed by atoms with Crippen LogP contribution in [0.3, 0.4) is 0 Å². The van der Waals surface area contributed by atoms with E-state index in [0.29, 0.717) is 16.5 Å². The Balaban J connectivity index is 2.23. The van der Waals surface area contributed by atoms with E-state index < -0.39 is 10.0 Å². The van der Waals surface area contributed by atoms with Crippen molar-refractivity contribution < 1.29 is 8.42 Å². The summed E-state index contributed by atoms with van der Waals surface area (Å²) < 4.78 is 28.0. The molecular weight excluding hydrogens is 406 g/mol. The van der Waals surface area contributed by atoms with Gasteiger partial charge in [-0.1, -0.05) is 34.1 Å². The second kappa shape index (κ2) is 6.69. The Kier molecular flexibility index (Phi) is 4.60. The third-order valence-electron chi connectivity index (χ3n) is 3.43. The molecule has 0 fully saturated rings. The standard InChI is InChI=1S/C16H14BrN5O2S/c17-12-6-7-15-14(8-12)11(9-20-21-16(18)19)10-22(15)25(23,24)13-4-2-1-3-5-13/h1-10H,(H4,18,19,21)/b20-9-. The molecule has 0 bridgehead atoms. The maximum atomic E-state index is 13.0. The highest BCUT2D eigenvalue weighted by Crippen LogP contribution is 2.27. The number of nitrogens with zero attached hydrogens (tertiary/aromatic N) is 3. The van der Waals surface area contributed by atoms with Crippen LogP contribution < -0.4 is 11.5 Å². The van der Waals surface area contributed by atoms with E-state index in [1.165, 1.54) is 16.4 Å². The first-order valence-electron chi connectivity index (χ1n) is 7.13. The Bertz CT molecular complexity index is 1080. The van der Waals surface area contributed by atoms with Gasteiger partial charge in [0.1, 0.15) is 0 Å². The normalized spacial score (nSPS) is 11.9. The number of fused-ring (bicyclic) bond motifs is 1. The molecule has 0 spiro atoms. The highest BCUT2D eigenvalue weighted by atomic mass is 79.9. The lowest BCUT2D eigenvalue weighted by Crippen LogP contribution is -2.21. The molecule has 3 aromatic rings. The predicted molar refractivity (Wildman–Crippen MR) is 102 cm³/mol. The average molecular weight is 420 g/mol. The van der Waals surface area contributed by atoms with Crippen LogP contribution in [0.25, 0.3) is 10.9 Å². The second-order valence-corrected chi connectivity index (χ2v) is 7.86. The molecule has 0 radical (unpaired) electrons. The summed E-state index contributed by atoms with van der Waals surface area (Å²) in [5.41, 5.74) is 11.6. The number of rotatable bonds is 4. The highest BCUT2D eigenvalue weighted by molar-refractivity contribution is 9.10. The molecule has 0 saturated heterocycles. The molecule has 4 N–H and O–H groups in total. The van der Waals surface area contributed by atoms with Gasteiger partial charge in [-0.25, -0.2) is 12.4 Å². The van der Waals surface area contributed by atoms with E-state index in [0.717, 1.165) is 4.47 Å². The summed E-state index contributed by atoms with van der Waals surface area (Å²) in [4.78, 5) is 0.197. The molecule has 7 nitrogen and oxygen atoms in total. The van der Waals surface area contributed by atoms with Gasteiger partial charge in [-0.05, 0) is 30.3 Å². The molecule has 1 aromatic heterocycles. The topological polar surface area (TPSA) is 116 Å². The molecule has 2 aromatic carbocycles. The van der Waals surface area contributed by atoms with Crippen molar-refractivity contribution in [3.05, 3.63) is 64.8 Å². The van der Waals surface area contributed by atoms with Gasteiger partial charge >= 0.3 is 0 Å². The third-order valence-corrected chi connectivity index (χ3v) is 5.61. The Labute approximate surface area is 152 Å². The molecule has 128 valence electrons. The molecule has 0 amide bonds. The molecule has 0 atom stereocenters. The number of nitrogens with two attached hydrogens (primary N) is 2. The van der Waals surface area contributed by atoms with Crippen LogP contribution in [0, 0.1) is 0 Å². The van der Waals surface area contributed by atoms with Gasteiger partial charge < -0.3 is 11.5 Å². The van der Waals surface area contributed by atoms with Crippen LogP contribution >= 0.6 is 15.9 Å². The number of halogens is 1. The first-order chi connectivity index (χ1) is 11.9. The first kappa shape index (κ1) is 17.2. The second-order valence-electron chi connectivity index (χ2n) is 5.13. The van der Waals surface area contributed by atoms with Gasteiger partial charge in [-0.15, -0.1) is 5.10 Å². The SMILES string of the molecule is NC(N)=N/N=C\c1cn(S(=O)(=O)c2ccccc2)c2ccc(Br)cc12. The van der Waals surface area contributed by atoms with Crippen molar-refractivity contribution >= 4 is 49.0 Å². The van der Waals surface area contributed by atoms with Crippen molar-refractivity contribution in [1.82, 2.24) is 3.97 Å². The van der Waals surface area contributed by atoms with Crippen molar-refractivity contribution in [3.8, 4) is 0 Å². The summed E-state index contributed by atoms with van der Waals surface area (Å²) in [6.07, 6.45) is 2.90. The summed E-state index contributed by atoms with van der Waals surface area (Å²) in [5.74, 6) is -0.182. The van der Waals surface area contributed by atoms with E-state index in [4.69, 9.17) is 11.5 Å². The van der Waals surface area contributed by atoms with Crippen molar-refractivity contribution in [2.45, 2.75) is 4.90 Å². The van der Waals surface area contributed by atoms with Gasteiger partial charge in [0.25, 0.3) is 10.0 Å². The van der Waals surface area contributed by atoms with E-state index in [2.05, 4.69) is 26.1 Å². The number of aromatic nitrogens is 1. The third kappa shape index (κ3) is 3.42. The molecule has 0 aliphatic carbocycles. The largest absolute Gasteiger partial charge is 0.369 e. The monoisotopic (exact) mass is 419 g/mol. The fraction of sp³-hybridized carbons (Fsp3) is 0. The van der Waals surface area contributed by atoms with Gasteiger partial charge in [-0.2, -0.15) is 5.10 Å². The summed E-state index contributed by atoms with van der Waals surface area (Å²) in [7, 11) is -3.74. The minimum Gasteiger partial charge on any atom is -0.369 e. The number of hydrogen-bond donors (Lipinski definition) is 2. The molecule has 0 aliphatic heterocycles. The van der Waals surface area contributed by atoms with Gasteiger partial charge in [0.15, 0.2) is 0 Å². The number of guanidine groups is 1. The highest BCUT2D eigenvalue weighted by Gasteiger charge is 2.20. The molecule has 0 aliphatic rings. The van der Waals surface area contributed by atoms with Crippen LogP contribution in [0.2, 0.25) is 0 Å². The number of hydrogen-bond acceptors (Lipinski definition) is 4. The zero-order chi connectivity index (χ0) is 18.0. The zero-order valence-corrected chi connectivity index (χ0v) is 15.3. The Morgan fingerprint density at radius 1 is 1.12 bits per heavy atom. The first-order valence-corrected chi connectivity index (χ1v) is 9.36. The summed E-state index contributed by atoms with van der Waals surface area (Å²) in [6.45, 7) is 0. The summed E-state index contributed by atoms with van der Waals surface area (Å²) >= 11 is 3.39. The van der Waals surface area contributed by atoms with Crippen LogP contribution in [0.15, 0.2) is 74.3 Å². The van der Waals surface area contributed by atoms with Crippen LogP contribution in [0.5, 0.6) is 0 Å². The zero-order valence-electron chi connectivity index (χ0n) is 12.9. The van der Waals surface area contributed by atoms with E-state index in [1.807, 2.05) is 6.07 Å². The molecule has 25 heavy (non-hydrogen) atoms. The smallest absolute Gasteiger partial charge is 0.268 e. The van der Waals surface area contributed by atoms with E-state index >= 15 is 0 Å². The maximum absolute atomic E-state index is 13.0. The molecule has 0 unspecified atom stereocenters. The average Bonchev–Trinajstić information content (AvgIpc) is 2.94. The lowest BCUT2D eigenvalue weighted by Gasteiger charge is -2.07. The maximum Gasteiger partial charge on any atom is 0.268 e. The summed E-state index contributed by atoms with van der Waals surface area (Å²) in [5, 5.41) is 8.03. The minimum absolute atomic E-state index is 0.182. The van der Waals surface area contributed by atoms with Gasteiger partial charge in [-0.3, -0.25) is 0 Å². The Hall–Kier alpha value is -2.65. The Morgan fingerprint density at radius 2 is 1.84 bits per heavy atom. The van der Waals surface area contributed by atoms with E-state index in [-0.39, 0.29) is 10.9 Å². The van der Waals surface area contributed by atoms with E-state index in [9.17, 15) is 8.42 Å². The quantitative estimate of drug-likeness (QED) is 0.383. The van der Waals surface area contributed by atoms with Crippen LogP contribution in [0.4, 0.5) is 0 Å². The molecule has 3 rings (SSSR count). The van der Waals surface area contributed by atoms with Crippen molar-refractivity contribution in [2.24, 2.45) is 21.7 Å². The fourth-order valence-corrected chi connectivity index (χ4v) is 4.12. The van der Waals surface area contributed by atoms with Crippen molar-refractivity contribution in [2.75, 3.05) is 0 Å². The molecule has 0 saturated carbocycles. The molecule has 1 heterocycles.